The lowest BCUT2D eigenvalue weighted by molar-refractivity contribution is -0.138. The minimum atomic E-state index is -4.41. The van der Waals surface area contributed by atoms with Gasteiger partial charge in [-0.05, 0) is 18.1 Å². The molecule has 0 radical (unpaired) electrons. The predicted molar refractivity (Wildman–Crippen MR) is 71.7 cm³/mol. The van der Waals surface area contributed by atoms with Gasteiger partial charge in [-0.1, -0.05) is 23.4 Å². The normalized spacial score (nSPS) is 23.1. The molecule has 3 rings (SSSR count). The Morgan fingerprint density at radius 3 is 2.73 bits per heavy atom. The van der Waals surface area contributed by atoms with Gasteiger partial charge in [0.15, 0.2) is 5.76 Å². The van der Waals surface area contributed by atoms with Crippen LogP contribution in [0, 0.1) is 0 Å². The number of halogens is 3. The molecule has 0 aliphatic carbocycles. The lowest BCUT2D eigenvalue weighted by Gasteiger charge is -2.25. The molecule has 0 spiro atoms. The summed E-state index contributed by atoms with van der Waals surface area (Å²) in [4.78, 5) is 1.79. The number of hydrogen-bond acceptors (Lipinski definition) is 4. The van der Waals surface area contributed by atoms with Crippen LogP contribution in [0.2, 0.25) is 0 Å². The molecule has 118 valence electrons. The summed E-state index contributed by atoms with van der Waals surface area (Å²) in [5.41, 5.74) is -0.470. The number of rotatable bonds is 3. The Labute approximate surface area is 125 Å². The molecule has 0 saturated carbocycles. The number of β-amino-alcohol motifs (C(OH)–C–C–N with tert-alkyl or cyclic N) is 1. The fourth-order valence-electron chi connectivity index (χ4n) is 2.95. The molecule has 1 aromatic carbocycles. The Morgan fingerprint density at radius 1 is 1.27 bits per heavy atom. The summed E-state index contributed by atoms with van der Waals surface area (Å²) < 4.78 is 44.6. The van der Waals surface area contributed by atoms with Crippen LogP contribution in [0.25, 0.3) is 0 Å². The van der Waals surface area contributed by atoms with E-state index in [0.717, 1.165) is 6.07 Å². The maximum atomic E-state index is 13.2. The number of benzene rings is 1. The molecule has 22 heavy (non-hydrogen) atoms. The first-order valence-corrected chi connectivity index (χ1v) is 6.93. The number of aromatic nitrogens is 1. The molecule has 2 atom stereocenters. The first-order chi connectivity index (χ1) is 10.4. The third-order valence-corrected chi connectivity index (χ3v) is 3.86. The minimum Gasteiger partial charge on any atom is -0.392 e. The zero-order valence-corrected chi connectivity index (χ0v) is 11.6. The van der Waals surface area contributed by atoms with Gasteiger partial charge >= 0.3 is 6.18 Å². The van der Waals surface area contributed by atoms with Crippen molar-refractivity contribution in [2.45, 2.75) is 31.3 Å². The van der Waals surface area contributed by atoms with Crippen LogP contribution in [0.15, 0.2) is 41.1 Å². The van der Waals surface area contributed by atoms with Gasteiger partial charge in [-0.15, -0.1) is 0 Å². The smallest absolute Gasteiger partial charge is 0.392 e. The molecule has 0 amide bonds. The van der Waals surface area contributed by atoms with E-state index in [4.69, 9.17) is 4.52 Å². The Kier molecular flexibility index (Phi) is 3.92. The maximum absolute atomic E-state index is 13.2. The highest BCUT2D eigenvalue weighted by Gasteiger charge is 2.39. The van der Waals surface area contributed by atoms with Crippen molar-refractivity contribution in [1.29, 1.82) is 0 Å². The predicted octanol–water partition coefficient (Wildman–Crippen LogP) is 3.00. The summed E-state index contributed by atoms with van der Waals surface area (Å²) in [7, 11) is 0. The molecule has 1 saturated heterocycles. The van der Waals surface area contributed by atoms with Crippen LogP contribution < -0.4 is 0 Å². The van der Waals surface area contributed by atoms with Crippen LogP contribution in [0.3, 0.4) is 0 Å². The highest BCUT2D eigenvalue weighted by Crippen LogP contribution is 2.40. The van der Waals surface area contributed by atoms with Crippen molar-refractivity contribution in [3.63, 3.8) is 0 Å². The largest absolute Gasteiger partial charge is 0.416 e. The van der Waals surface area contributed by atoms with Crippen molar-refractivity contribution in [2.24, 2.45) is 0 Å². The highest BCUT2D eigenvalue weighted by atomic mass is 19.4. The Morgan fingerprint density at radius 2 is 2.05 bits per heavy atom. The van der Waals surface area contributed by atoms with Crippen LogP contribution in [-0.4, -0.2) is 27.8 Å². The fourth-order valence-corrected chi connectivity index (χ4v) is 2.95. The lowest BCUT2D eigenvalue weighted by Crippen LogP contribution is -2.25. The van der Waals surface area contributed by atoms with Crippen molar-refractivity contribution in [2.75, 3.05) is 6.54 Å². The SMILES string of the molecule is O[C@H]1C[C@H](c2ccccc2C(F)(F)F)N(Cc2ccno2)C1. The number of hydrogen-bond donors (Lipinski definition) is 1. The summed E-state index contributed by atoms with van der Waals surface area (Å²) >= 11 is 0. The van der Waals surface area contributed by atoms with E-state index in [1.54, 1.807) is 17.0 Å². The van der Waals surface area contributed by atoms with Crippen LogP contribution in [0.1, 0.15) is 29.3 Å². The van der Waals surface area contributed by atoms with Gasteiger partial charge < -0.3 is 9.63 Å². The summed E-state index contributed by atoms with van der Waals surface area (Å²) in [6, 6.07) is 6.67. The Balaban J connectivity index is 1.92. The van der Waals surface area contributed by atoms with Crippen LogP contribution in [0.4, 0.5) is 13.2 Å². The van der Waals surface area contributed by atoms with E-state index in [9.17, 15) is 18.3 Å². The first-order valence-electron chi connectivity index (χ1n) is 6.93. The van der Waals surface area contributed by atoms with Crippen LogP contribution in [-0.2, 0) is 12.7 Å². The van der Waals surface area contributed by atoms with Crippen molar-refractivity contribution < 1.29 is 22.8 Å². The van der Waals surface area contributed by atoms with Crippen molar-refractivity contribution in [3.05, 3.63) is 53.4 Å². The zero-order valence-electron chi connectivity index (χ0n) is 11.6. The zero-order chi connectivity index (χ0) is 15.7. The molecule has 4 nitrogen and oxygen atoms in total. The van der Waals surface area contributed by atoms with E-state index in [-0.39, 0.29) is 12.0 Å². The van der Waals surface area contributed by atoms with E-state index in [0.29, 0.717) is 18.8 Å². The molecule has 0 bridgehead atoms. The van der Waals surface area contributed by atoms with Crippen molar-refractivity contribution in [1.82, 2.24) is 10.1 Å². The topological polar surface area (TPSA) is 49.5 Å². The summed E-state index contributed by atoms with van der Waals surface area (Å²) in [5, 5.41) is 13.5. The van der Waals surface area contributed by atoms with E-state index in [1.807, 2.05) is 0 Å². The minimum absolute atomic E-state index is 0.186. The molecule has 7 heteroatoms. The highest BCUT2D eigenvalue weighted by molar-refractivity contribution is 5.33. The molecular formula is C15H15F3N2O2. The molecule has 2 aromatic rings. The van der Waals surface area contributed by atoms with Gasteiger partial charge in [0.1, 0.15) is 0 Å². The van der Waals surface area contributed by atoms with Crippen LogP contribution >= 0.6 is 0 Å². The molecule has 1 N–H and O–H groups in total. The summed E-state index contributed by atoms with van der Waals surface area (Å²) in [6.07, 6.45) is -3.32. The van der Waals surface area contributed by atoms with Gasteiger partial charge in [-0.3, -0.25) is 4.90 Å². The number of aliphatic hydroxyl groups excluding tert-OH is 1. The summed E-state index contributed by atoms with van der Waals surface area (Å²) in [6.45, 7) is 0.617. The third-order valence-electron chi connectivity index (χ3n) is 3.86. The first kappa shape index (κ1) is 15.1. The monoisotopic (exact) mass is 312 g/mol. The van der Waals surface area contributed by atoms with Crippen molar-refractivity contribution >= 4 is 0 Å². The van der Waals surface area contributed by atoms with Gasteiger partial charge in [0.25, 0.3) is 0 Å². The summed E-state index contributed by atoms with van der Waals surface area (Å²) in [5.74, 6) is 0.559. The Bertz CT molecular complexity index is 628. The lowest BCUT2D eigenvalue weighted by atomic mass is 9.97. The number of nitrogens with zero attached hydrogens (tertiary/aromatic N) is 2. The van der Waals surface area contributed by atoms with E-state index >= 15 is 0 Å². The van der Waals surface area contributed by atoms with Crippen LogP contribution in [0.5, 0.6) is 0 Å². The molecule has 2 heterocycles. The average molecular weight is 312 g/mol. The van der Waals surface area contributed by atoms with Gasteiger partial charge in [0.05, 0.1) is 24.4 Å². The second-order valence-corrected chi connectivity index (χ2v) is 5.40. The molecule has 1 aliphatic heterocycles. The average Bonchev–Trinajstić information content (AvgIpc) is 3.08. The molecular weight excluding hydrogens is 297 g/mol. The standard InChI is InChI=1S/C15H15F3N2O2/c16-15(17,18)13-4-2-1-3-12(13)14-7-10(21)8-20(14)9-11-5-6-19-22-11/h1-6,10,14,21H,7-9H2/t10-,14+/m0/s1. The quantitative estimate of drug-likeness (QED) is 0.946. The van der Waals surface area contributed by atoms with E-state index in [1.165, 1.54) is 18.3 Å². The molecule has 0 unspecified atom stereocenters. The molecule has 1 aliphatic rings. The number of aliphatic hydroxyl groups is 1. The van der Waals surface area contributed by atoms with E-state index in [2.05, 4.69) is 5.16 Å². The van der Waals surface area contributed by atoms with Gasteiger partial charge in [-0.25, -0.2) is 0 Å². The second-order valence-electron chi connectivity index (χ2n) is 5.40. The van der Waals surface area contributed by atoms with E-state index < -0.39 is 23.9 Å². The third kappa shape index (κ3) is 3.00. The second kappa shape index (κ2) is 5.73. The van der Waals surface area contributed by atoms with Gasteiger partial charge in [0, 0.05) is 18.7 Å². The fraction of sp³-hybridized carbons (Fsp3) is 0.400. The number of alkyl halides is 3. The molecule has 1 aromatic heterocycles. The number of likely N-dealkylation sites (tertiary alicyclic amines) is 1. The molecule has 1 fully saturated rings. The maximum Gasteiger partial charge on any atom is 0.416 e. The van der Waals surface area contributed by atoms with Gasteiger partial charge in [0.2, 0.25) is 0 Å². The van der Waals surface area contributed by atoms with Gasteiger partial charge in [-0.2, -0.15) is 13.2 Å². The van der Waals surface area contributed by atoms with Crippen molar-refractivity contribution in [3.8, 4) is 0 Å². The Hall–Kier alpha value is -1.86.